The predicted molar refractivity (Wildman–Crippen MR) is 299 cm³/mol. The highest BCUT2D eigenvalue weighted by Crippen LogP contribution is 2.39. The van der Waals surface area contributed by atoms with Crippen LogP contribution in [0.25, 0.3) is 0 Å². The van der Waals surface area contributed by atoms with E-state index in [1.165, 1.54) is 0 Å². The number of aliphatic hydroxyl groups excluding tert-OH is 23. The molecular weight excluding hydrogens is 1350 g/mol. The van der Waals surface area contributed by atoms with Crippen LogP contribution in [-0.4, -0.2) is 433 Å². The summed E-state index contributed by atoms with van der Waals surface area (Å²) in [6, 6.07) is -5.48. The maximum Gasteiger partial charge on any atom is 0.217 e. The maximum atomic E-state index is 12.8. The summed E-state index contributed by atoms with van der Waals surface area (Å²) >= 11 is 0. The van der Waals surface area contributed by atoms with Crippen molar-refractivity contribution in [1.82, 2.24) is 16.0 Å². The fourth-order valence-electron chi connectivity index (χ4n) is 12.6. The second kappa shape index (κ2) is 35.1. The largest absolute Gasteiger partial charge is 0.394 e. The third-order valence-corrected chi connectivity index (χ3v) is 17.8. The Morgan fingerprint density at radius 2 is 0.551 bits per heavy atom. The zero-order valence-electron chi connectivity index (χ0n) is 52.4. The molecule has 8 fully saturated rings. The molecule has 98 heavy (non-hydrogen) atoms. The van der Waals surface area contributed by atoms with E-state index < -0.39 is 316 Å². The van der Waals surface area contributed by atoms with Gasteiger partial charge in [0.05, 0.1) is 52.9 Å². The molecule has 3 amide bonds. The Labute approximate surface area is 554 Å². The van der Waals surface area contributed by atoms with Crippen molar-refractivity contribution in [2.45, 2.75) is 266 Å². The lowest BCUT2D eigenvalue weighted by Gasteiger charge is -2.51. The highest BCUT2D eigenvalue weighted by Gasteiger charge is 2.60. The zero-order valence-corrected chi connectivity index (χ0v) is 52.4. The van der Waals surface area contributed by atoms with Gasteiger partial charge in [0.1, 0.15) is 195 Å². The van der Waals surface area contributed by atoms with Crippen LogP contribution in [0.2, 0.25) is 0 Å². The van der Waals surface area contributed by atoms with Gasteiger partial charge in [0.25, 0.3) is 0 Å². The molecule has 0 saturated carbocycles. The van der Waals surface area contributed by atoms with Crippen LogP contribution in [0, 0.1) is 0 Å². The number of hydrogen-bond acceptors (Lipinski definition) is 41. The minimum Gasteiger partial charge on any atom is -0.394 e. The van der Waals surface area contributed by atoms with E-state index in [1.54, 1.807) is 0 Å². The first-order valence-electron chi connectivity index (χ1n) is 31.1. The standard InChI is InChI=1S/C54H91N3O41/c1-12(65)55-23-31(73)41(19(8-62)85-47(23)83)95-52-40(82)44(96-54-46(37(79)29(71)18(7-61)89-54)98-49-25(57-14(3)67)33(75)43(21(10-64)91-49)94-51-39(81)35(77)27(69)16(5-59)87-51)30(72)22(92-52)11-84-53-45(36(78)28(70)17(6-60)88-53)97-48-24(56-13(2)66)32(74)42(20(9-63)90-48)93-50-38(80)34(76)26(68)15(4-58)86-50/h15-54,58-64,68-83H,4-11H2,1-3H3,(H,55,65)(H,56,66)(H,57,67)/t15-,16-,17-,18-,19-,20-,21-,22-,23-,24-,25-,26+,27+,28-,29-,30-,31-,32-,33-,34+,35+,36+,37+,38-,39-,40+,41-,42-,43-,44+,45+,46+,47-,48+,49+,50+,51+,52+,53+,54-/m1/s1. The number of amides is 3. The molecule has 0 aliphatic carbocycles. The molecule has 0 unspecified atom stereocenters. The van der Waals surface area contributed by atoms with Crippen molar-refractivity contribution < 1.29 is 203 Å². The van der Waals surface area contributed by atoms with Crippen molar-refractivity contribution in [2.75, 3.05) is 52.9 Å². The van der Waals surface area contributed by atoms with Crippen molar-refractivity contribution in [2.24, 2.45) is 0 Å². The van der Waals surface area contributed by atoms with Gasteiger partial charge in [0, 0.05) is 20.8 Å². The highest BCUT2D eigenvalue weighted by atomic mass is 16.8. The summed E-state index contributed by atoms with van der Waals surface area (Å²) in [7, 11) is 0. The molecule has 40 atom stereocenters. The summed E-state index contributed by atoms with van der Waals surface area (Å²) in [5.41, 5.74) is 0. The van der Waals surface area contributed by atoms with Crippen LogP contribution in [0.4, 0.5) is 0 Å². The van der Waals surface area contributed by atoms with Crippen LogP contribution < -0.4 is 16.0 Å². The van der Waals surface area contributed by atoms with E-state index in [-0.39, 0.29) is 0 Å². The number of carbonyl (C=O) groups excluding carboxylic acids is 3. The summed E-state index contributed by atoms with van der Waals surface area (Å²) in [5, 5.41) is 259. The van der Waals surface area contributed by atoms with Crippen molar-refractivity contribution >= 4 is 17.7 Å². The molecule has 8 rings (SSSR count). The number of aliphatic hydroxyl groups is 23. The molecule has 0 aromatic heterocycles. The Balaban J connectivity index is 1.10. The molecule has 0 spiro atoms. The smallest absolute Gasteiger partial charge is 0.217 e. The Kier molecular flexibility index (Phi) is 28.9. The quantitative estimate of drug-likeness (QED) is 0.0404. The third kappa shape index (κ3) is 17.5. The average Bonchev–Trinajstić information content (AvgIpc) is 0.779. The number of carbonyl (C=O) groups is 3. The molecule has 8 saturated heterocycles. The average molecular weight is 1440 g/mol. The number of nitrogens with one attached hydrogen (secondary N) is 3. The molecule has 0 aromatic carbocycles. The third-order valence-electron chi connectivity index (χ3n) is 17.8. The van der Waals surface area contributed by atoms with E-state index in [2.05, 4.69) is 16.0 Å². The van der Waals surface area contributed by atoms with Gasteiger partial charge in [-0.2, -0.15) is 0 Å². The first-order valence-corrected chi connectivity index (χ1v) is 31.1. The van der Waals surface area contributed by atoms with Gasteiger partial charge in [-0.25, -0.2) is 0 Å². The molecular formula is C54H91N3O41. The van der Waals surface area contributed by atoms with Crippen molar-refractivity contribution in [3.8, 4) is 0 Å². The Bertz CT molecular complexity index is 2510. The van der Waals surface area contributed by atoms with Crippen molar-refractivity contribution in [3.63, 3.8) is 0 Å². The van der Waals surface area contributed by atoms with Gasteiger partial charge in [0.2, 0.25) is 17.7 Å². The van der Waals surface area contributed by atoms with E-state index in [1.807, 2.05) is 0 Å². The van der Waals surface area contributed by atoms with E-state index in [0.717, 1.165) is 20.8 Å². The van der Waals surface area contributed by atoms with Gasteiger partial charge in [-0.15, -0.1) is 0 Å². The van der Waals surface area contributed by atoms with Crippen LogP contribution in [0.15, 0.2) is 0 Å². The van der Waals surface area contributed by atoms with E-state index in [9.17, 15) is 132 Å². The van der Waals surface area contributed by atoms with Gasteiger partial charge >= 0.3 is 0 Å². The van der Waals surface area contributed by atoms with Crippen molar-refractivity contribution in [3.05, 3.63) is 0 Å². The lowest BCUT2D eigenvalue weighted by Crippen LogP contribution is -2.70. The van der Waals surface area contributed by atoms with E-state index in [0.29, 0.717) is 0 Å². The number of hydrogen-bond donors (Lipinski definition) is 26. The Morgan fingerprint density at radius 1 is 0.265 bits per heavy atom. The van der Waals surface area contributed by atoms with Crippen LogP contribution in [0.5, 0.6) is 0 Å². The molecule has 0 radical (unpaired) electrons. The zero-order chi connectivity index (χ0) is 72.2. The van der Waals surface area contributed by atoms with Gasteiger partial charge < -0.3 is 204 Å². The molecule has 8 aliphatic rings. The summed E-state index contributed by atoms with van der Waals surface area (Å²) in [6.07, 6.45) is -75.2. The minimum absolute atomic E-state index is 0.827. The topological polar surface area (TPSA) is 691 Å². The number of rotatable bonds is 25. The molecule has 568 valence electrons. The fourth-order valence-corrected chi connectivity index (χ4v) is 12.6. The molecule has 8 aliphatic heterocycles. The van der Waals surface area contributed by atoms with E-state index >= 15 is 0 Å². The van der Waals surface area contributed by atoms with Gasteiger partial charge in [-0.1, -0.05) is 0 Å². The first kappa shape index (κ1) is 80.6. The second-order valence-electron chi connectivity index (χ2n) is 24.6. The normalized spacial score (nSPS) is 49.5. The molecule has 44 nitrogen and oxygen atoms in total. The summed E-state index contributed by atoms with van der Waals surface area (Å²) in [5.74, 6) is -2.65. The maximum absolute atomic E-state index is 12.8. The Hall–Kier alpha value is -3.11. The van der Waals surface area contributed by atoms with Crippen molar-refractivity contribution in [1.29, 1.82) is 0 Å². The minimum atomic E-state index is -2.45. The van der Waals surface area contributed by atoms with Crippen LogP contribution >= 0.6 is 0 Å². The summed E-state index contributed by atoms with van der Waals surface area (Å²) in [6.45, 7) is -5.49. The van der Waals surface area contributed by atoms with E-state index in [4.69, 9.17) is 71.1 Å². The summed E-state index contributed by atoms with van der Waals surface area (Å²) in [4.78, 5) is 37.8. The molecule has 26 N–H and O–H groups in total. The van der Waals surface area contributed by atoms with Crippen LogP contribution in [-0.2, 0) is 85.4 Å². The molecule has 0 aromatic rings. The molecule has 8 heterocycles. The van der Waals surface area contributed by atoms with Crippen LogP contribution in [0.3, 0.4) is 0 Å². The predicted octanol–water partition coefficient (Wildman–Crippen LogP) is -18.0. The Morgan fingerprint density at radius 3 is 0.939 bits per heavy atom. The molecule has 0 bridgehead atoms. The highest BCUT2D eigenvalue weighted by molar-refractivity contribution is 5.74. The number of ether oxygens (including phenoxy) is 15. The van der Waals surface area contributed by atoms with Gasteiger partial charge in [-0.3, -0.25) is 14.4 Å². The lowest BCUT2D eigenvalue weighted by atomic mass is 9.94. The SMILES string of the molecule is CC(=O)N[C@@H]1[C@@H](O)[C@H](O[C@@H]2O[C@H](CO[C@H]3O[C@H](CO)[C@@H](O)[C@H](O)[C@@H]3O[C@@H]3O[C@H](CO)[C@@H](O[C@@H]4O[C@H](CO)[C@H](O)[C@H](O)[C@H]4O)[C@H](O)[C@H]3NC(C)=O)[C@@H](O)[C@H](O[C@H]3O[C@H](CO)[C@@H](O)[C@H](O)[C@@H]3O[C@@H]3O[C@H](CO)[C@@H](O[C@@H]4O[C@H](CO)[C@H](O)[C@H](O)[C@H]4O)[C@H](O)[C@H]3NC(C)=O)[C@@H]2O)[C@@H](CO)O[C@H]1O. The second-order valence-corrected chi connectivity index (χ2v) is 24.6. The fraction of sp³-hybridized carbons (Fsp3) is 0.944. The first-order chi connectivity index (χ1) is 46.4. The van der Waals surface area contributed by atoms with Crippen LogP contribution in [0.1, 0.15) is 20.8 Å². The lowest BCUT2D eigenvalue weighted by molar-refractivity contribution is -0.397. The van der Waals surface area contributed by atoms with Gasteiger partial charge in [0.15, 0.2) is 50.3 Å². The van der Waals surface area contributed by atoms with Gasteiger partial charge in [-0.05, 0) is 0 Å². The monoisotopic (exact) mass is 1440 g/mol. The molecule has 44 heteroatoms. The summed E-state index contributed by atoms with van der Waals surface area (Å²) < 4.78 is 87.8.